The Hall–Kier alpha value is -3.35. The van der Waals surface area contributed by atoms with E-state index in [-0.39, 0.29) is 30.2 Å². The van der Waals surface area contributed by atoms with Crippen molar-refractivity contribution >= 4 is 29.3 Å². The number of ether oxygens (including phenoxy) is 1. The third kappa shape index (κ3) is 5.81. The first-order valence-electron chi connectivity index (χ1n) is 8.24. The van der Waals surface area contributed by atoms with Gasteiger partial charge in [-0.1, -0.05) is 0 Å². The number of aromatic nitrogens is 3. The third-order valence-corrected chi connectivity index (χ3v) is 3.63. The molecule has 0 aliphatic carbocycles. The standard InChI is InChI=1S/C16H19F3N6O4/c1-24-6-9(5-10(24)15(28)29-2)21-14(27)13-23-11(22-12(26)3-4-20)7-25(13)8-16(17,18)19/h5-7H,3-4,8,20H2,1-2H3,(H,21,27)(H,22,26). The normalized spacial score (nSPS) is 11.2. The molecule has 158 valence electrons. The smallest absolute Gasteiger partial charge is 0.406 e. The van der Waals surface area contributed by atoms with Gasteiger partial charge in [-0.05, 0) is 6.07 Å². The molecule has 2 aromatic heterocycles. The molecule has 2 amide bonds. The summed E-state index contributed by atoms with van der Waals surface area (Å²) in [6.45, 7) is -1.45. The SMILES string of the molecule is COC(=O)c1cc(NC(=O)c2nc(NC(=O)CCN)cn2CC(F)(F)F)cn1C. The van der Waals surface area contributed by atoms with Gasteiger partial charge in [-0.3, -0.25) is 9.59 Å². The second-order valence-electron chi connectivity index (χ2n) is 5.95. The number of nitrogens with two attached hydrogens (primary N) is 1. The van der Waals surface area contributed by atoms with Crippen molar-refractivity contribution < 1.29 is 32.3 Å². The highest BCUT2D eigenvalue weighted by atomic mass is 19.4. The van der Waals surface area contributed by atoms with Crippen LogP contribution >= 0.6 is 0 Å². The maximum atomic E-state index is 12.8. The Morgan fingerprint density at radius 2 is 1.93 bits per heavy atom. The highest BCUT2D eigenvalue weighted by Crippen LogP contribution is 2.21. The van der Waals surface area contributed by atoms with Crippen molar-refractivity contribution in [3.63, 3.8) is 0 Å². The second-order valence-corrected chi connectivity index (χ2v) is 5.95. The molecule has 29 heavy (non-hydrogen) atoms. The number of anilines is 2. The van der Waals surface area contributed by atoms with Gasteiger partial charge in [-0.2, -0.15) is 13.2 Å². The molecule has 2 heterocycles. The average molecular weight is 416 g/mol. The zero-order valence-electron chi connectivity index (χ0n) is 15.5. The van der Waals surface area contributed by atoms with E-state index >= 15 is 0 Å². The number of methoxy groups -OCH3 is 1. The first-order valence-corrected chi connectivity index (χ1v) is 8.24. The quantitative estimate of drug-likeness (QED) is 0.579. The van der Waals surface area contributed by atoms with Gasteiger partial charge in [0.05, 0.1) is 12.8 Å². The number of amides is 2. The van der Waals surface area contributed by atoms with Gasteiger partial charge in [-0.15, -0.1) is 0 Å². The summed E-state index contributed by atoms with van der Waals surface area (Å²) in [6.07, 6.45) is -2.40. The minimum absolute atomic E-state index is 0.0406. The Balaban J connectivity index is 2.28. The lowest BCUT2D eigenvalue weighted by Crippen LogP contribution is -2.23. The molecule has 2 aromatic rings. The third-order valence-electron chi connectivity index (χ3n) is 3.63. The van der Waals surface area contributed by atoms with Crippen LogP contribution in [0, 0.1) is 0 Å². The van der Waals surface area contributed by atoms with E-state index < -0.39 is 36.3 Å². The zero-order chi connectivity index (χ0) is 21.8. The van der Waals surface area contributed by atoms with Crippen LogP contribution in [0.3, 0.4) is 0 Å². The first kappa shape index (κ1) is 21.9. The highest BCUT2D eigenvalue weighted by Gasteiger charge is 2.31. The van der Waals surface area contributed by atoms with Gasteiger partial charge in [0.15, 0.2) is 5.82 Å². The van der Waals surface area contributed by atoms with Crippen LogP contribution in [-0.4, -0.2) is 51.7 Å². The predicted molar refractivity (Wildman–Crippen MR) is 95.3 cm³/mol. The van der Waals surface area contributed by atoms with Gasteiger partial charge in [0.2, 0.25) is 11.7 Å². The molecule has 0 spiro atoms. The Morgan fingerprint density at radius 1 is 1.24 bits per heavy atom. The molecule has 2 rings (SSSR count). The van der Waals surface area contributed by atoms with Gasteiger partial charge in [0.1, 0.15) is 12.2 Å². The summed E-state index contributed by atoms with van der Waals surface area (Å²) in [7, 11) is 2.71. The van der Waals surface area contributed by atoms with Crippen LogP contribution < -0.4 is 16.4 Å². The Morgan fingerprint density at radius 3 is 2.52 bits per heavy atom. The molecule has 0 saturated carbocycles. The molecule has 0 aromatic carbocycles. The van der Waals surface area contributed by atoms with Gasteiger partial charge in [0, 0.05) is 32.4 Å². The molecule has 0 saturated heterocycles. The van der Waals surface area contributed by atoms with Crippen molar-refractivity contribution in [2.75, 3.05) is 24.3 Å². The van der Waals surface area contributed by atoms with E-state index in [1.807, 2.05) is 0 Å². The molecule has 0 aliphatic rings. The maximum absolute atomic E-state index is 12.8. The maximum Gasteiger partial charge on any atom is 0.406 e. The van der Waals surface area contributed by atoms with Crippen molar-refractivity contribution in [2.45, 2.75) is 19.1 Å². The van der Waals surface area contributed by atoms with Crippen molar-refractivity contribution in [1.29, 1.82) is 0 Å². The van der Waals surface area contributed by atoms with Crippen molar-refractivity contribution in [1.82, 2.24) is 14.1 Å². The fraction of sp³-hybridized carbons (Fsp3) is 0.375. The molecule has 4 N–H and O–H groups in total. The summed E-state index contributed by atoms with van der Waals surface area (Å²) in [5.41, 5.74) is 5.51. The Bertz CT molecular complexity index is 918. The lowest BCUT2D eigenvalue weighted by atomic mass is 10.4. The number of esters is 1. The van der Waals surface area contributed by atoms with Crippen molar-refractivity contribution in [3.8, 4) is 0 Å². The summed E-state index contributed by atoms with van der Waals surface area (Å²) in [5.74, 6) is -2.97. The second kappa shape index (κ2) is 8.77. The fourth-order valence-corrected chi connectivity index (χ4v) is 2.43. The molecular formula is C16H19F3N6O4. The largest absolute Gasteiger partial charge is 0.464 e. The number of hydrogen-bond acceptors (Lipinski definition) is 6. The molecule has 10 nitrogen and oxygen atoms in total. The van der Waals surface area contributed by atoms with Gasteiger partial charge >= 0.3 is 12.1 Å². The summed E-state index contributed by atoms with van der Waals surface area (Å²) in [4.78, 5) is 39.5. The van der Waals surface area contributed by atoms with Gasteiger partial charge < -0.3 is 30.2 Å². The van der Waals surface area contributed by atoms with Gasteiger partial charge in [0.25, 0.3) is 5.91 Å². The number of carbonyl (C=O) groups excluding carboxylic acids is 3. The zero-order valence-corrected chi connectivity index (χ0v) is 15.5. The molecule has 13 heteroatoms. The monoisotopic (exact) mass is 416 g/mol. The predicted octanol–water partition coefficient (Wildman–Crippen LogP) is 1.11. The highest BCUT2D eigenvalue weighted by molar-refractivity contribution is 6.03. The van der Waals surface area contributed by atoms with E-state index in [1.165, 1.54) is 31.0 Å². The number of rotatable bonds is 7. The van der Waals surface area contributed by atoms with E-state index in [0.29, 0.717) is 4.57 Å². The van der Waals surface area contributed by atoms with E-state index in [2.05, 4.69) is 20.4 Å². The summed E-state index contributed by atoms with van der Waals surface area (Å²) >= 11 is 0. The van der Waals surface area contributed by atoms with Crippen LogP contribution in [0.15, 0.2) is 18.5 Å². The molecular weight excluding hydrogens is 397 g/mol. The summed E-state index contributed by atoms with van der Waals surface area (Å²) in [6, 6.07) is 1.30. The van der Waals surface area contributed by atoms with Crippen LogP contribution in [0.1, 0.15) is 27.5 Å². The Kier molecular flexibility index (Phi) is 6.64. The van der Waals surface area contributed by atoms with Crippen molar-refractivity contribution in [2.24, 2.45) is 12.8 Å². The topological polar surface area (TPSA) is 133 Å². The van der Waals surface area contributed by atoms with Crippen LogP contribution in [0.2, 0.25) is 0 Å². The lowest BCUT2D eigenvalue weighted by Gasteiger charge is -2.10. The molecule has 0 aliphatic heterocycles. The average Bonchev–Trinajstić information content (AvgIpc) is 3.15. The number of carbonyl (C=O) groups is 3. The summed E-state index contributed by atoms with van der Waals surface area (Å²) < 4.78 is 45.1. The molecule has 0 fully saturated rings. The Labute approximate surface area is 162 Å². The van der Waals surface area contributed by atoms with Crippen LogP contribution in [-0.2, 0) is 23.1 Å². The molecule has 0 atom stereocenters. The van der Waals surface area contributed by atoms with Crippen LogP contribution in [0.25, 0.3) is 0 Å². The van der Waals surface area contributed by atoms with Crippen molar-refractivity contribution in [3.05, 3.63) is 30.0 Å². The van der Waals surface area contributed by atoms with Crippen LogP contribution in [0.5, 0.6) is 0 Å². The number of aryl methyl sites for hydroxylation is 1. The number of imidazole rings is 1. The number of alkyl halides is 3. The van der Waals surface area contributed by atoms with E-state index in [1.54, 1.807) is 0 Å². The minimum atomic E-state index is -4.63. The van der Waals surface area contributed by atoms with E-state index in [4.69, 9.17) is 5.73 Å². The molecule has 0 radical (unpaired) electrons. The first-order chi connectivity index (χ1) is 13.5. The molecule has 0 unspecified atom stereocenters. The molecule has 0 bridgehead atoms. The van der Waals surface area contributed by atoms with E-state index in [9.17, 15) is 27.6 Å². The van der Waals surface area contributed by atoms with Crippen LogP contribution in [0.4, 0.5) is 24.7 Å². The van der Waals surface area contributed by atoms with E-state index in [0.717, 1.165) is 6.20 Å². The minimum Gasteiger partial charge on any atom is -0.464 e. The number of nitrogens with one attached hydrogen (secondary N) is 2. The number of hydrogen-bond donors (Lipinski definition) is 3. The number of halogens is 3. The lowest BCUT2D eigenvalue weighted by molar-refractivity contribution is -0.140. The van der Waals surface area contributed by atoms with Gasteiger partial charge in [-0.25, -0.2) is 9.78 Å². The number of nitrogens with zero attached hydrogens (tertiary/aromatic N) is 3. The summed E-state index contributed by atoms with van der Waals surface area (Å²) in [5, 5.41) is 4.65. The fourth-order valence-electron chi connectivity index (χ4n) is 2.43.